The van der Waals surface area contributed by atoms with Crippen molar-refractivity contribution in [2.45, 2.75) is 64.5 Å². The molecule has 2 heterocycles. The number of ether oxygens (including phenoxy) is 1. The van der Waals surface area contributed by atoms with Crippen LogP contribution in [-0.4, -0.2) is 23.1 Å². The Morgan fingerprint density at radius 2 is 2.10 bits per heavy atom. The number of aromatic nitrogens is 2. The zero-order valence-electron chi connectivity index (χ0n) is 12.8. The molecule has 1 N–H and O–H groups in total. The van der Waals surface area contributed by atoms with Crippen LogP contribution in [0.5, 0.6) is 0 Å². The van der Waals surface area contributed by atoms with Gasteiger partial charge in [0.15, 0.2) is 5.82 Å². The molecular formula is C16H25N3O. The summed E-state index contributed by atoms with van der Waals surface area (Å²) in [7, 11) is 0. The fourth-order valence-corrected chi connectivity index (χ4v) is 3.08. The summed E-state index contributed by atoms with van der Waals surface area (Å²) in [6.07, 6.45) is 4.89. The van der Waals surface area contributed by atoms with Gasteiger partial charge in [0, 0.05) is 37.6 Å². The van der Waals surface area contributed by atoms with Gasteiger partial charge in [-0.05, 0) is 33.6 Å². The van der Waals surface area contributed by atoms with Crippen LogP contribution in [0.2, 0.25) is 0 Å². The maximum atomic E-state index is 5.85. The summed E-state index contributed by atoms with van der Waals surface area (Å²) in [4.78, 5) is 9.75. The van der Waals surface area contributed by atoms with E-state index in [-0.39, 0.29) is 0 Å². The number of nitrogens with zero attached hydrogens (tertiary/aromatic N) is 2. The number of hydrogen-bond donors (Lipinski definition) is 1. The van der Waals surface area contributed by atoms with Crippen LogP contribution in [0.4, 0.5) is 0 Å². The Hall–Kier alpha value is -1.00. The van der Waals surface area contributed by atoms with Crippen LogP contribution in [0.15, 0.2) is 0 Å². The molecule has 1 aliphatic carbocycles. The molecule has 0 unspecified atom stereocenters. The van der Waals surface area contributed by atoms with Crippen LogP contribution in [-0.2, 0) is 23.3 Å². The molecule has 1 saturated carbocycles. The second-order valence-corrected chi connectivity index (χ2v) is 6.36. The van der Waals surface area contributed by atoms with Crippen molar-refractivity contribution in [3.63, 3.8) is 0 Å². The van der Waals surface area contributed by atoms with E-state index >= 15 is 0 Å². The van der Waals surface area contributed by atoms with Crippen molar-refractivity contribution in [2.24, 2.45) is 0 Å². The molecule has 0 spiro atoms. The molecule has 0 aromatic carbocycles. The predicted molar refractivity (Wildman–Crippen MR) is 78.7 cm³/mol. The lowest BCUT2D eigenvalue weighted by molar-refractivity contribution is -0.0213. The van der Waals surface area contributed by atoms with Crippen molar-refractivity contribution in [3.8, 4) is 0 Å². The summed E-state index contributed by atoms with van der Waals surface area (Å²) in [6.45, 7) is 8.80. The third kappa shape index (κ3) is 2.47. The van der Waals surface area contributed by atoms with E-state index in [1.807, 2.05) is 6.92 Å². The van der Waals surface area contributed by atoms with E-state index in [4.69, 9.17) is 14.7 Å². The zero-order valence-corrected chi connectivity index (χ0v) is 12.8. The Morgan fingerprint density at radius 3 is 2.75 bits per heavy atom. The number of hydrogen-bond acceptors (Lipinski definition) is 4. The first-order valence-corrected chi connectivity index (χ1v) is 7.86. The highest BCUT2D eigenvalue weighted by Gasteiger charge is 2.31. The average molecular weight is 275 g/mol. The van der Waals surface area contributed by atoms with Crippen LogP contribution >= 0.6 is 0 Å². The topological polar surface area (TPSA) is 47.0 Å². The normalized spacial score (nSPS) is 19.6. The molecule has 0 radical (unpaired) electrons. The van der Waals surface area contributed by atoms with Crippen molar-refractivity contribution in [1.82, 2.24) is 15.3 Å². The van der Waals surface area contributed by atoms with Gasteiger partial charge in [0.25, 0.3) is 0 Å². The van der Waals surface area contributed by atoms with Crippen LogP contribution in [0.3, 0.4) is 0 Å². The number of nitrogens with one attached hydrogen (secondary N) is 1. The highest BCUT2D eigenvalue weighted by Crippen LogP contribution is 2.39. The van der Waals surface area contributed by atoms with Gasteiger partial charge in [0.05, 0.1) is 11.4 Å². The van der Waals surface area contributed by atoms with Crippen molar-refractivity contribution in [2.75, 3.05) is 13.2 Å². The summed E-state index contributed by atoms with van der Waals surface area (Å²) in [5.41, 5.74) is 3.49. The van der Waals surface area contributed by atoms with Crippen molar-refractivity contribution >= 4 is 0 Å². The van der Waals surface area contributed by atoms with Gasteiger partial charge in [-0.3, -0.25) is 0 Å². The van der Waals surface area contributed by atoms with Crippen LogP contribution in [0.25, 0.3) is 0 Å². The first-order chi connectivity index (χ1) is 9.62. The second kappa shape index (κ2) is 5.41. The quantitative estimate of drug-likeness (QED) is 0.917. The molecule has 1 aromatic heterocycles. The smallest absolute Gasteiger partial charge is 0.160 e. The van der Waals surface area contributed by atoms with Gasteiger partial charge in [0.2, 0.25) is 0 Å². The molecule has 2 aliphatic rings. The van der Waals surface area contributed by atoms with Gasteiger partial charge in [-0.1, -0.05) is 6.42 Å². The van der Waals surface area contributed by atoms with E-state index in [9.17, 15) is 0 Å². The summed E-state index contributed by atoms with van der Waals surface area (Å²) < 4.78 is 5.85. The van der Waals surface area contributed by atoms with Gasteiger partial charge < -0.3 is 10.1 Å². The predicted octanol–water partition coefficient (Wildman–Crippen LogP) is 2.66. The van der Waals surface area contributed by atoms with E-state index < -0.39 is 5.60 Å². The van der Waals surface area contributed by atoms with Gasteiger partial charge in [-0.2, -0.15) is 0 Å². The lowest BCUT2D eigenvalue weighted by Gasteiger charge is -2.32. The third-order valence-electron chi connectivity index (χ3n) is 4.50. The highest BCUT2D eigenvalue weighted by molar-refractivity contribution is 5.32. The Bertz CT molecular complexity index is 495. The maximum Gasteiger partial charge on any atom is 0.160 e. The van der Waals surface area contributed by atoms with E-state index in [2.05, 4.69) is 19.2 Å². The van der Waals surface area contributed by atoms with E-state index in [0.29, 0.717) is 12.5 Å². The highest BCUT2D eigenvalue weighted by atomic mass is 16.5. The van der Waals surface area contributed by atoms with Crippen molar-refractivity contribution < 1.29 is 4.74 Å². The molecule has 3 rings (SSSR count). The lowest BCUT2D eigenvalue weighted by Crippen LogP contribution is -2.32. The molecule has 0 amide bonds. The summed E-state index contributed by atoms with van der Waals surface area (Å²) in [5.74, 6) is 1.50. The van der Waals surface area contributed by atoms with E-state index in [1.54, 1.807) is 0 Å². The fraction of sp³-hybridized carbons (Fsp3) is 0.750. The largest absolute Gasteiger partial charge is 0.368 e. The van der Waals surface area contributed by atoms with Gasteiger partial charge in [0.1, 0.15) is 5.60 Å². The zero-order chi connectivity index (χ0) is 14.2. The Morgan fingerprint density at radius 1 is 1.30 bits per heavy atom. The first-order valence-electron chi connectivity index (χ1n) is 7.86. The second-order valence-electron chi connectivity index (χ2n) is 6.36. The maximum absolute atomic E-state index is 5.85. The molecule has 0 bridgehead atoms. The van der Waals surface area contributed by atoms with Crippen molar-refractivity contribution in [3.05, 3.63) is 22.8 Å². The third-order valence-corrected chi connectivity index (χ3v) is 4.50. The Labute approximate surface area is 121 Å². The molecule has 4 nitrogen and oxygen atoms in total. The van der Waals surface area contributed by atoms with Gasteiger partial charge in [-0.15, -0.1) is 0 Å². The van der Waals surface area contributed by atoms with Gasteiger partial charge >= 0.3 is 0 Å². The summed E-state index contributed by atoms with van der Waals surface area (Å²) in [6, 6.07) is 0. The summed E-state index contributed by atoms with van der Waals surface area (Å²) >= 11 is 0. The summed E-state index contributed by atoms with van der Waals surface area (Å²) in [5, 5.41) is 3.46. The molecule has 0 atom stereocenters. The van der Waals surface area contributed by atoms with Crippen LogP contribution < -0.4 is 5.32 Å². The van der Waals surface area contributed by atoms with E-state index in [1.165, 1.54) is 36.2 Å². The van der Waals surface area contributed by atoms with Crippen LogP contribution in [0, 0.1) is 0 Å². The van der Waals surface area contributed by atoms with Crippen molar-refractivity contribution in [1.29, 1.82) is 0 Å². The SMILES string of the molecule is CCOC(C)(C)c1nc2c(c(C3CCC3)n1)CNCC2. The van der Waals surface area contributed by atoms with E-state index in [0.717, 1.165) is 25.3 Å². The lowest BCUT2D eigenvalue weighted by atomic mass is 9.80. The average Bonchev–Trinajstić information content (AvgIpc) is 2.36. The molecule has 20 heavy (non-hydrogen) atoms. The standard InChI is InChI=1S/C16H25N3O/c1-4-20-16(2,3)15-18-13-8-9-17-10-12(13)14(19-15)11-6-5-7-11/h11,17H,4-10H2,1-3H3. The van der Waals surface area contributed by atoms with Crippen LogP contribution in [0.1, 0.15) is 68.7 Å². The first kappa shape index (κ1) is 14.0. The molecule has 1 aromatic rings. The fourth-order valence-electron chi connectivity index (χ4n) is 3.08. The van der Waals surface area contributed by atoms with Gasteiger partial charge in [-0.25, -0.2) is 9.97 Å². The monoisotopic (exact) mass is 275 g/mol. The molecule has 110 valence electrons. The molecule has 1 fully saturated rings. The molecule has 0 saturated heterocycles. The Kier molecular flexibility index (Phi) is 3.78. The Balaban J connectivity index is 2.03. The minimum Gasteiger partial charge on any atom is -0.368 e. The molecule has 4 heteroatoms. The molecular weight excluding hydrogens is 250 g/mol. The number of fused-ring (bicyclic) bond motifs is 1. The minimum absolute atomic E-state index is 0.396. The minimum atomic E-state index is -0.396. The number of rotatable bonds is 4. The molecule has 1 aliphatic heterocycles.